The largest absolute Gasteiger partial charge is 0.494 e. The number of hydrogen-bond donors (Lipinski definition) is 1. The molecule has 2 rings (SSSR count). The van der Waals surface area contributed by atoms with Crippen LogP contribution in [-0.4, -0.2) is 11.6 Å². The highest BCUT2D eigenvalue weighted by Gasteiger charge is 2.20. The lowest BCUT2D eigenvalue weighted by Gasteiger charge is -2.09. The molecule has 0 amide bonds. The van der Waals surface area contributed by atoms with E-state index in [4.69, 9.17) is 22.7 Å². The number of nitrogens with two attached hydrogens (primary N) is 1. The van der Waals surface area contributed by atoms with E-state index in [1.54, 1.807) is 0 Å². The summed E-state index contributed by atoms with van der Waals surface area (Å²) in [5, 5.41) is 0. The molecular formula is C13H17NOS. The summed E-state index contributed by atoms with van der Waals surface area (Å²) in [5.41, 5.74) is 7.62. The van der Waals surface area contributed by atoms with E-state index in [0.29, 0.717) is 4.99 Å². The summed E-state index contributed by atoms with van der Waals surface area (Å²) < 4.78 is 5.69. The van der Waals surface area contributed by atoms with Crippen molar-refractivity contribution < 1.29 is 4.74 Å². The van der Waals surface area contributed by atoms with Gasteiger partial charge < -0.3 is 10.5 Å². The Kier molecular flexibility index (Phi) is 3.44. The Morgan fingerprint density at radius 3 is 2.81 bits per heavy atom. The summed E-state index contributed by atoms with van der Waals surface area (Å²) in [4.78, 5) is 0.446. The van der Waals surface area contributed by atoms with Crippen molar-refractivity contribution in [1.82, 2.24) is 0 Å². The lowest BCUT2D eigenvalue weighted by atomic mass is 10.1. The van der Waals surface area contributed by atoms with Gasteiger partial charge in [-0.3, -0.25) is 0 Å². The van der Waals surface area contributed by atoms with Crippen LogP contribution >= 0.6 is 12.2 Å². The molecule has 2 N–H and O–H groups in total. The van der Waals surface area contributed by atoms with Gasteiger partial charge in [0.05, 0.1) is 6.61 Å². The van der Waals surface area contributed by atoms with E-state index in [9.17, 15) is 0 Å². The molecule has 16 heavy (non-hydrogen) atoms. The van der Waals surface area contributed by atoms with E-state index in [-0.39, 0.29) is 0 Å². The van der Waals surface area contributed by atoms with Crippen LogP contribution in [0.1, 0.15) is 30.4 Å². The molecule has 2 nitrogen and oxygen atoms in total. The molecule has 0 heterocycles. The van der Waals surface area contributed by atoms with Crippen molar-refractivity contribution in [2.75, 3.05) is 6.61 Å². The first-order valence-corrected chi connectivity index (χ1v) is 6.11. The van der Waals surface area contributed by atoms with E-state index in [1.807, 2.05) is 25.1 Å². The molecule has 1 aromatic rings. The third-order valence-electron chi connectivity index (χ3n) is 2.96. The van der Waals surface area contributed by atoms with Crippen LogP contribution in [0.5, 0.6) is 5.75 Å². The highest BCUT2D eigenvalue weighted by atomic mass is 32.1. The topological polar surface area (TPSA) is 35.2 Å². The first-order valence-electron chi connectivity index (χ1n) is 5.70. The van der Waals surface area contributed by atoms with Gasteiger partial charge in [-0.2, -0.15) is 0 Å². The number of rotatable bonds is 5. The van der Waals surface area contributed by atoms with Crippen molar-refractivity contribution in [1.29, 1.82) is 0 Å². The van der Waals surface area contributed by atoms with Crippen LogP contribution in [0, 0.1) is 12.8 Å². The highest BCUT2D eigenvalue weighted by Crippen LogP contribution is 2.32. The average Bonchev–Trinajstić information content (AvgIpc) is 3.01. The molecule has 0 bridgehead atoms. The molecule has 1 aromatic carbocycles. The molecule has 0 aliphatic heterocycles. The van der Waals surface area contributed by atoms with Gasteiger partial charge in [-0.25, -0.2) is 0 Å². The smallest absolute Gasteiger partial charge is 0.119 e. The fourth-order valence-electron chi connectivity index (χ4n) is 1.75. The zero-order chi connectivity index (χ0) is 11.5. The second-order valence-corrected chi connectivity index (χ2v) is 4.86. The monoisotopic (exact) mass is 235 g/mol. The molecule has 86 valence electrons. The van der Waals surface area contributed by atoms with Crippen molar-refractivity contribution in [3.63, 3.8) is 0 Å². The maximum absolute atomic E-state index is 5.69. The van der Waals surface area contributed by atoms with E-state index >= 15 is 0 Å². The second-order valence-electron chi connectivity index (χ2n) is 4.42. The molecule has 0 unspecified atom stereocenters. The maximum Gasteiger partial charge on any atom is 0.119 e. The van der Waals surface area contributed by atoms with Crippen molar-refractivity contribution >= 4 is 17.2 Å². The van der Waals surface area contributed by atoms with Gasteiger partial charge in [0.1, 0.15) is 10.7 Å². The zero-order valence-electron chi connectivity index (χ0n) is 9.53. The van der Waals surface area contributed by atoms with Gasteiger partial charge in [0.25, 0.3) is 0 Å². The number of ether oxygens (including phenoxy) is 1. The van der Waals surface area contributed by atoms with Crippen LogP contribution in [0.2, 0.25) is 0 Å². The summed E-state index contributed by atoms with van der Waals surface area (Å²) >= 11 is 4.96. The van der Waals surface area contributed by atoms with Gasteiger partial charge in [0, 0.05) is 5.56 Å². The van der Waals surface area contributed by atoms with Crippen LogP contribution in [0.15, 0.2) is 18.2 Å². The Hall–Kier alpha value is -1.09. The molecule has 0 atom stereocenters. The number of thiocarbonyl (C=S) groups is 1. The third-order valence-corrected chi connectivity index (χ3v) is 3.17. The summed E-state index contributed by atoms with van der Waals surface area (Å²) in [6.07, 6.45) is 3.93. The van der Waals surface area contributed by atoms with Crippen LogP contribution < -0.4 is 10.5 Å². The molecule has 1 fully saturated rings. The van der Waals surface area contributed by atoms with Crippen molar-refractivity contribution in [3.05, 3.63) is 29.3 Å². The summed E-state index contributed by atoms with van der Waals surface area (Å²) in [6.45, 7) is 2.82. The van der Waals surface area contributed by atoms with Crippen LogP contribution in [-0.2, 0) is 0 Å². The zero-order valence-corrected chi connectivity index (χ0v) is 10.3. The lowest BCUT2D eigenvalue weighted by molar-refractivity contribution is 0.302. The Morgan fingerprint density at radius 1 is 1.50 bits per heavy atom. The minimum absolute atomic E-state index is 0.446. The third kappa shape index (κ3) is 2.95. The predicted molar refractivity (Wildman–Crippen MR) is 69.9 cm³/mol. The SMILES string of the molecule is Cc1cc(OCCC2CC2)ccc1C(N)=S. The van der Waals surface area contributed by atoms with Gasteiger partial charge in [0.15, 0.2) is 0 Å². The van der Waals surface area contributed by atoms with E-state index < -0.39 is 0 Å². The first-order chi connectivity index (χ1) is 7.66. The van der Waals surface area contributed by atoms with Gasteiger partial charge in [-0.1, -0.05) is 25.1 Å². The highest BCUT2D eigenvalue weighted by molar-refractivity contribution is 7.80. The Balaban J connectivity index is 1.93. The van der Waals surface area contributed by atoms with Crippen LogP contribution in [0.4, 0.5) is 0 Å². The molecular weight excluding hydrogens is 218 g/mol. The minimum atomic E-state index is 0.446. The molecule has 1 saturated carbocycles. The molecule has 0 radical (unpaired) electrons. The fourth-order valence-corrected chi connectivity index (χ4v) is 1.98. The molecule has 1 aliphatic rings. The Bertz CT molecular complexity index is 399. The standard InChI is InChI=1S/C13H17NOS/c1-9-8-11(4-5-12(9)13(14)16)15-7-6-10-2-3-10/h4-5,8,10H,2-3,6-7H2,1H3,(H2,14,16). The minimum Gasteiger partial charge on any atom is -0.494 e. The summed E-state index contributed by atoms with van der Waals surface area (Å²) in [5.74, 6) is 1.83. The summed E-state index contributed by atoms with van der Waals surface area (Å²) in [7, 11) is 0. The van der Waals surface area contributed by atoms with Crippen LogP contribution in [0.3, 0.4) is 0 Å². The van der Waals surface area contributed by atoms with E-state index in [1.165, 1.54) is 19.3 Å². The van der Waals surface area contributed by atoms with Gasteiger partial charge >= 0.3 is 0 Å². The van der Waals surface area contributed by atoms with E-state index in [2.05, 4.69) is 0 Å². The summed E-state index contributed by atoms with van der Waals surface area (Å²) in [6, 6.07) is 5.87. The van der Waals surface area contributed by atoms with Crippen molar-refractivity contribution in [3.8, 4) is 5.75 Å². The Morgan fingerprint density at radius 2 is 2.25 bits per heavy atom. The van der Waals surface area contributed by atoms with Gasteiger partial charge in [-0.15, -0.1) is 0 Å². The molecule has 0 aromatic heterocycles. The lowest BCUT2D eigenvalue weighted by Crippen LogP contribution is -2.11. The number of benzene rings is 1. The van der Waals surface area contributed by atoms with Gasteiger partial charge in [-0.05, 0) is 43.0 Å². The Labute approximate surface area is 102 Å². The molecule has 3 heteroatoms. The number of aryl methyl sites for hydroxylation is 1. The molecule has 1 aliphatic carbocycles. The van der Waals surface area contributed by atoms with E-state index in [0.717, 1.165) is 29.4 Å². The first kappa shape index (κ1) is 11.4. The van der Waals surface area contributed by atoms with Crippen molar-refractivity contribution in [2.24, 2.45) is 11.7 Å². The molecule has 0 saturated heterocycles. The fraction of sp³-hybridized carbons (Fsp3) is 0.462. The normalized spacial score (nSPS) is 14.8. The van der Waals surface area contributed by atoms with Crippen LogP contribution in [0.25, 0.3) is 0 Å². The number of hydrogen-bond acceptors (Lipinski definition) is 2. The second kappa shape index (κ2) is 4.83. The predicted octanol–water partition coefficient (Wildman–Crippen LogP) is 2.81. The average molecular weight is 235 g/mol. The molecule has 0 spiro atoms. The quantitative estimate of drug-likeness (QED) is 0.797. The van der Waals surface area contributed by atoms with Crippen molar-refractivity contribution in [2.45, 2.75) is 26.2 Å². The maximum atomic E-state index is 5.69. The van der Waals surface area contributed by atoms with Gasteiger partial charge in [0.2, 0.25) is 0 Å².